The first kappa shape index (κ1) is 22.2. The van der Waals surface area contributed by atoms with E-state index in [0.717, 1.165) is 19.3 Å². The summed E-state index contributed by atoms with van der Waals surface area (Å²) in [5, 5.41) is 8.64. The lowest BCUT2D eigenvalue weighted by atomic mass is 10.0. The molecule has 0 saturated carbocycles. The van der Waals surface area contributed by atoms with Gasteiger partial charge in [-0.25, -0.2) is 0 Å². The average Bonchev–Trinajstić information content (AvgIpc) is 2.53. The van der Waals surface area contributed by atoms with Crippen LogP contribution >= 0.6 is 0 Å². The third-order valence-electron chi connectivity index (χ3n) is 4.03. The lowest BCUT2D eigenvalue weighted by molar-refractivity contribution is -0.141. The van der Waals surface area contributed by atoms with E-state index in [4.69, 9.17) is 9.84 Å². The maximum Gasteiger partial charge on any atom is 0.302 e. The molecule has 0 spiro atoms. The van der Waals surface area contributed by atoms with Crippen molar-refractivity contribution >= 4 is 5.97 Å². The molecule has 0 aromatic heterocycles. The van der Waals surface area contributed by atoms with E-state index < -0.39 is 0 Å². The van der Waals surface area contributed by atoms with Gasteiger partial charge in [0.05, 0.1) is 6.61 Å². The number of unbranched alkanes of at least 4 members (excludes halogenated alkanes) is 12. The van der Waals surface area contributed by atoms with Crippen molar-refractivity contribution < 1.29 is 14.6 Å². The predicted octanol–water partition coefficient (Wildman–Crippen LogP) is 5.56. The van der Waals surface area contributed by atoms with E-state index in [9.17, 15) is 4.79 Å². The number of carbonyl (C=O) groups excluding carboxylic acids is 1. The molecule has 0 amide bonds. The molecule has 0 rings (SSSR count). The van der Waals surface area contributed by atoms with Crippen molar-refractivity contribution in [2.45, 2.75) is 96.8 Å². The monoisotopic (exact) mass is 326 g/mol. The molecule has 0 aromatic carbocycles. The number of allylic oxidation sites excluding steroid dienone is 1. The van der Waals surface area contributed by atoms with Gasteiger partial charge in [-0.2, -0.15) is 0 Å². The first-order valence-electron chi connectivity index (χ1n) is 9.66. The van der Waals surface area contributed by atoms with Gasteiger partial charge < -0.3 is 9.84 Å². The maximum atomic E-state index is 10.6. The summed E-state index contributed by atoms with van der Waals surface area (Å²) in [6.45, 7) is 2.33. The highest BCUT2D eigenvalue weighted by molar-refractivity contribution is 5.65. The molecule has 0 radical (unpaired) electrons. The summed E-state index contributed by atoms with van der Waals surface area (Å²) >= 11 is 0. The van der Waals surface area contributed by atoms with Crippen molar-refractivity contribution in [2.75, 3.05) is 13.2 Å². The second-order valence-electron chi connectivity index (χ2n) is 6.36. The number of rotatable bonds is 17. The molecular weight excluding hydrogens is 288 g/mol. The molecule has 0 unspecified atom stereocenters. The van der Waals surface area contributed by atoms with E-state index in [-0.39, 0.29) is 12.6 Å². The Hall–Kier alpha value is -0.830. The average molecular weight is 327 g/mol. The van der Waals surface area contributed by atoms with Crippen LogP contribution in [-0.4, -0.2) is 24.3 Å². The van der Waals surface area contributed by atoms with Crippen molar-refractivity contribution in [2.24, 2.45) is 0 Å². The van der Waals surface area contributed by atoms with Crippen LogP contribution in [0.3, 0.4) is 0 Å². The Morgan fingerprint density at radius 1 is 0.739 bits per heavy atom. The molecule has 0 saturated heterocycles. The molecule has 0 heterocycles. The van der Waals surface area contributed by atoms with E-state index >= 15 is 0 Å². The third-order valence-corrected chi connectivity index (χ3v) is 4.03. The van der Waals surface area contributed by atoms with Crippen LogP contribution < -0.4 is 0 Å². The summed E-state index contributed by atoms with van der Waals surface area (Å²) in [5.41, 5.74) is 0. The van der Waals surface area contributed by atoms with E-state index in [0.29, 0.717) is 6.61 Å². The lowest BCUT2D eigenvalue weighted by Crippen LogP contribution is -2.00. The zero-order chi connectivity index (χ0) is 17.0. The molecule has 0 bridgehead atoms. The number of ether oxygens (including phenoxy) is 1. The second kappa shape index (κ2) is 19.2. The molecule has 0 fully saturated rings. The number of aliphatic hydroxyl groups is 1. The summed E-state index contributed by atoms with van der Waals surface area (Å²) in [5.74, 6) is -0.164. The van der Waals surface area contributed by atoms with Gasteiger partial charge in [-0.1, -0.05) is 76.4 Å². The second-order valence-corrected chi connectivity index (χ2v) is 6.36. The van der Waals surface area contributed by atoms with Gasteiger partial charge in [0.1, 0.15) is 0 Å². The van der Waals surface area contributed by atoms with Gasteiger partial charge in [-0.3, -0.25) is 4.79 Å². The number of aliphatic hydroxyl groups excluding tert-OH is 1. The van der Waals surface area contributed by atoms with Crippen molar-refractivity contribution in [1.29, 1.82) is 0 Å². The van der Waals surface area contributed by atoms with Gasteiger partial charge in [0.25, 0.3) is 0 Å². The minimum absolute atomic E-state index is 0.164. The Labute approximate surface area is 143 Å². The quantitative estimate of drug-likeness (QED) is 0.216. The summed E-state index contributed by atoms with van der Waals surface area (Å²) in [6, 6.07) is 0. The van der Waals surface area contributed by atoms with Gasteiger partial charge in [0.2, 0.25) is 0 Å². The van der Waals surface area contributed by atoms with E-state index in [1.54, 1.807) is 0 Å². The van der Waals surface area contributed by atoms with Gasteiger partial charge in [0.15, 0.2) is 0 Å². The molecule has 0 aliphatic carbocycles. The van der Waals surface area contributed by atoms with Crippen LogP contribution in [0.2, 0.25) is 0 Å². The van der Waals surface area contributed by atoms with E-state index in [2.05, 4.69) is 12.2 Å². The Morgan fingerprint density at radius 2 is 1.17 bits per heavy atom. The van der Waals surface area contributed by atoms with Gasteiger partial charge >= 0.3 is 5.97 Å². The summed E-state index contributed by atoms with van der Waals surface area (Å²) in [7, 11) is 0. The van der Waals surface area contributed by atoms with Crippen molar-refractivity contribution in [3.05, 3.63) is 12.2 Å². The number of esters is 1. The number of hydrogen-bond donors (Lipinski definition) is 1. The largest absolute Gasteiger partial charge is 0.466 e. The van der Waals surface area contributed by atoms with Crippen LogP contribution in [-0.2, 0) is 9.53 Å². The van der Waals surface area contributed by atoms with Crippen LogP contribution in [0, 0.1) is 0 Å². The molecule has 3 nitrogen and oxygen atoms in total. The topological polar surface area (TPSA) is 46.5 Å². The van der Waals surface area contributed by atoms with Crippen LogP contribution in [0.25, 0.3) is 0 Å². The molecular formula is C20H38O3. The minimum Gasteiger partial charge on any atom is -0.466 e. The van der Waals surface area contributed by atoms with Crippen LogP contribution in [0.15, 0.2) is 12.2 Å². The zero-order valence-electron chi connectivity index (χ0n) is 15.2. The lowest BCUT2D eigenvalue weighted by Gasteiger charge is -2.03. The highest BCUT2D eigenvalue weighted by Crippen LogP contribution is 2.12. The fraction of sp³-hybridized carbons (Fsp3) is 0.850. The van der Waals surface area contributed by atoms with E-state index in [1.165, 1.54) is 77.6 Å². The van der Waals surface area contributed by atoms with E-state index in [1.807, 2.05) is 0 Å². The van der Waals surface area contributed by atoms with Crippen LogP contribution in [0.4, 0.5) is 0 Å². The summed E-state index contributed by atoms with van der Waals surface area (Å²) < 4.78 is 4.91. The zero-order valence-corrected chi connectivity index (χ0v) is 15.2. The predicted molar refractivity (Wildman–Crippen MR) is 97.5 cm³/mol. The highest BCUT2D eigenvalue weighted by atomic mass is 16.5. The van der Waals surface area contributed by atoms with Crippen molar-refractivity contribution in [3.63, 3.8) is 0 Å². The van der Waals surface area contributed by atoms with Crippen molar-refractivity contribution in [3.8, 4) is 0 Å². The molecule has 0 atom stereocenters. The first-order valence-corrected chi connectivity index (χ1v) is 9.66. The molecule has 3 heteroatoms. The molecule has 1 N–H and O–H groups in total. The molecule has 136 valence electrons. The first-order chi connectivity index (χ1) is 11.3. The SMILES string of the molecule is CC(=O)OCCCCCCCCCCCCCC/C=C/CCO. The van der Waals surface area contributed by atoms with Gasteiger partial charge in [0, 0.05) is 13.5 Å². The normalized spacial score (nSPS) is 11.2. The fourth-order valence-corrected chi connectivity index (χ4v) is 2.66. The maximum absolute atomic E-state index is 10.6. The summed E-state index contributed by atoms with van der Waals surface area (Å²) in [6.07, 6.45) is 21.9. The Bertz CT molecular complexity index is 274. The van der Waals surface area contributed by atoms with Crippen molar-refractivity contribution in [1.82, 2.24) is 0 Å². The minimum atomic E-state index is -0.164. The standard InChI is InChI=1S/C20H38O3/c1-20(22)23-19-17-15-13-11-9-7-5-3-2-4-6-8-10-12-14-16-18-21/h12,14,21H,2-11,13,15-19H2,1H3/b14-12+. The van der Waals surface area contributed by atoms with Crippen LogP contribution in [0.1, 0.15) is 96.8 Å². The van der Waals surface area contributed by atoms with Crippen LogP contribution in [0.5, 0.6) is 0 Å². The molecule has 0 aromatic rings. The Balaban J connectivity index is 3.01. The summed E-state index contributed by atoms with van der Waals surface area (Å²) in [4.78, 5) is 10.6. The smallest absolute Gasteiger partial charge is 0.302 e. The van der Waals surface area contributed by atoms with Gasteiger partial charge in [-0.15, -0.1) is 0 Å². The Morgan fingerprint density at radius 3 is 1.65 bits per heavy atom. The number of carbonyl (C=O) groups is 1. The Kier molecular flexibility index (Phi) is 18.5. The van der Waals surface area contributed by atoms with Gasteiger partial charge in [-0.05, 0) is 25.7 Å². The molecule has 23 heavy (non-hydrogen) atoms. The fourth-order valence-electron chi connectivity index (χ4n) is 2.66. The number of hydrogen-bond acceptors (Lipinski definition) is 3. The highest BCUT2D eigenvalue weighted by Gasteiger charge is 1.95. The third kappa shape index (κ3) is 21.2. The molecule has 0 aliphatic heterocycles. The molecule has 0 aliphatic rings.